The Labute approximate surface area is 148 Å². The maximum Gasteiger partial charge on any atom is 0.573 e. The van der Waals surface area contributed by atoms with Crippen molar-refractivity contribution in [1.29, 1.82) is 0 Å². The molecule has 0 bridgehead atoms. The molecule has 4 rings (SSSR count). The van der Waals surface area contributed by atoms with Gasteiger partial charge in [-0.1, -0.05) is 23.5 Å². The second-order valence-electron chi connectivity index (χ2n) is 5.43. The van der Waals surface area contributed by atoms with Gasteiger partial charge >= 0.3 is 6.36 Å². The van der Waals surface area contributed by atoms with Crippen LogP contribution in [-0.2, 0) is 13.5 Å². The molecule has 0 saturated heterocycles. The topological polar surface area (TPSA) is 70.1 Å². The molecule has 1 aromatic carbocycles. The summed E-state index contributed by atoms with van der Waals surface area (Å²) in [4.78, 5) is 0.596. The molecule has 0 aliphatic rings. The molecule has 3 heterocycles. The van der Waals surface area contributed by atoms with E-state index in [1.165, 1.54) is 29.5 Å². The van der Waals surface area contributed by atoms with Crippen molar-refractivity contribution in [2.75, 3.05) is 0 Å². The van der Waals surface area contributed by atoms with E-state index in [9.17, 15) is 13.2 Å². The monoisotopic (exact) mass is 380 g/mol. The largest absolute Gasteiger partial charge is 0.573 e. The molecular weight excluding hydrogens is 369 g/mol. The fourth-order valence-corrected chi connectivity index (χ4v) is 3.40. The van der Waals surface area contributed by atoms with Crippen LogP contribution < -0.4 is 4.74 Å². The van der Waals surface area contributed by atoms with E-state index in [0.29, 0.717) is 16.3 Å². The first-order chi connectivity index (χ1) is 12.4. The van der Waals surface area contributed by atoms with Crippen LogP contribution in [0.15, 0.2) is 36.5 Å². The Morgan fingerprint density at radius 3 is 2.77 bits per heavy atom. The fraction of sp³-hybridized carbons (Fsp3) is 0.200. The Kier molecular flexibility index (Phi) is 3.87. The second-order valence-corrected chi connectivity index (χ2v) is 6.39. The molecule has 11 heteroatoms. The number of hydrogen-bond acceptors (Lipinski definition) is 6. The summed E-state index contributed by atoms with van der Waals surface area (Å²) in [6.45, 7) is 0. The Morgan fingerprint density at radius 2 is 2.04 bits per heavy atom. The summed E-state index contributed by atoms with van der Waals surface area (Å²) < 4.78 is 44.3. The van der Waals surface area contributed by atoms with E-state index < -0.39 is 6.36 Å². The standard InChI is InChI=1S/C15H11F3N6OS/c1-23-11(5-6-19-23)13-22-24-12(20-21-14(24)26-13)8-9-3-2-4-10(7-9)25-15(16,17)18/h2-7H,8H2,1H3. The van der Waals surface area contributed by atoms with Gasteiger partial charge in [0.1, 0.15) is 5.75 Å². The van der Waals surface area contributed by atoms with Crippen LogP contribution in [0, 0.1) is 0 Å². The van der Waals surface area contributed by atoms with E-state index in [0.717, 1.165) is 10.7 Å². The van der Waals surface area contributed by atoms with Crippen molar-refractivity contribution in [2.45, 2.75) is 12.8 Å². The molecule has 0 spiro atoms. The first-order valence-electron chi connectivity index (χ1n) is 7.43. The second kappa shape index (κ2) is 6.09. The number of rotatable bonds is 4. The van der Waals surface area contributed by atoms with E-state index in [-0.39, 0.29) is 12.2 Å². The van der Waals surface area contributed by atoms with Gasteiger partial charge in [0.15, 0.2) is 10.8 Å². The number of alkyl halides is 3. The van der Waals surface area contributed by atoms with Gasteiger partial charge in [-0.25, -0.2) is 0 Å². The highest BCUT2D eigenvalue weighted by atomic mass is 32.1. The summed E-state index contributed by atoms with van der Waals surface area (Å²) in [5.74, 6) is 0.249. The number of nitrogens with zero attached hydrogens (tertiary/aromatic N) is 6. The van der Waals surface area contributed by atoms with Crippen LogP contribution in [0.1, 0.15) is 11.4 Å². The highest BCUT2D eigenvalue weighted by molar-refractivity contribution is 7.19. The first kappa shape index (κ1) is 16.5. The normalized spacial score (nSPS) is 12.0. The first-order valence-corrected chi connectivity index (χ1v) is 8.25. The van der Waals surface area contributed by atoms with Crippen molar-refractivity contribution in [3.05, 3.63) is 47.9 Å². The van der Waals surface area contributed by atoms with Gasteiger partial charge in [-0.05, 0) is 23.8 Å². The average Bonchev–Trinajstić information content (AvgIpc) is 3.23. The molecular formula is C15H11F3N6OS. The predicted octanol–water partition coefficient (Wildman–Crippen LogP) is 3.08. The molecule has 0 radical (unpaired) electrons. The molecule has 0 N–H and O–H groups in total. The minimum Gasteiger partial charge on any atom is -0.406 e. The smallest absolute Gasteiger partial charge is 0.406 e. The number of benzene rings is 1. The van der Waals surface area contributed by atoms with E-state index in [1.54, 1.807) is 21.5 Å². The lowest BCUT2D eigenvalue weighted by atomic mass is 10.1. The Bertz CT molecular complexity index is 1070. The summed E-state index contributed by atoms with van der Waals surface area (Å²) in [6.07, 6.45) is -2.79. The number of aromatic nitrogens is 6. The predicted molar refractivity (Wildman–Crippen MR) is 86.8 cm³/mol. The third-order valence-electron chi connectivity index (χ3n) is 3.59. The SMILES string of the molecule is Cn1nccc1-c1nn2c(Cc3cccc(OC(F)(F)F)c3)nnc2s1. The third kappa shape index (κ3) is 3.25. The van der Waals surface area contributed by atoms with Gasteiger partial charge in [0.05, 0.1) is 5.69 Å². The Balaban J connectivity index is 1.63. The highest BCUT2D eigenvalue weighted by Gasteiger charge is 2.31. The lowest BCUT2D eigenvalue weighted by Gasteiger charge is -2.09. The molecule has 134 valence electrons. The van der Waals surface area contributed by atoms with Crippen molar-refractivity contribution >= 4 is 16.3 Å². The van der Waals surface area contributed by atoms with Crippen LogP contribution >= 0.6 is 11.3 Å². The summed E-state index contributed by atoms with van der Waals surface area (Å²) in [6, 6.07) is 7.60. The molecule has 0 aliphatic carbocycles. The number of aryl methyl sites for hydroxylation is 1. The highest BCUT2D eigenvalue weighted by Crippen LogP contribution is 2.26. The summed E-state index contributed by atoms with van der Waals surface area (Å²) in [7, 11) is 1.81. The number of ether oxygens (including phenoxy) is 1. The minimum atomic E-state index is -4.73. The maximum absolute atomic E-state index is 12.4. The zero-order chi connectivity index (χ0) is 18.3. The fourth-order valence-electron chi connectivity index (χ4n) is 2.49. The van der Waals surface area contributed by atoms with Crippen molar-refractivity contribution in [3.8, 4) is 16.5 Å². The summed E-state index contributed by atoms with van der Waals surface area (Å²) in [5, 5.41) is 17.5. The minimum absolute atomic E-state index is 0.269. The van der Waals surface area contributed by atoms with Crippen molar-refractivity contribution in [3.63, 3.8) is 0 Å². The van der Waals surface area contributed by atoms with Crippen LogP contribution in [0.3, 0.4) is 0 Å². The number of hydrogen-bond donors (Lipinski definition) is 0. The molecule has 0 aliphatic heterocycles. The quantitative estimate of drug-likeness (QED) is 0.544. The van der Waals surface area contributed by atoms with E-state index in [4.69, 9.17) is 0 Å². The van der Waals surface area contributed by atoms with Crippen LogP contribution in [0.2, 0.25) is 0 Å². The molecule has 7 nitrogen and oxygen atoms in total. The zero-order valence-corrected chi connectivity index (χ0v) is 14.1. The summed E-state index contributed by atoms with van der Waals surface area (Å²) in [5.41, 5.74) is 1.45. The van der Waals surface area contributed by atoms with Gasteiger partial charge in [0, 0.05) is 19.7 Å². The van der Waals surface area contributed by atoms with Crippen LogP contribution in [-0.4, -0.2) is 36.0 Å². The molecule has 0 unspecified atom stereocenters. The van der Waals surface area contributed by atoms with Gasteiger partial charge in [0.25, 0.3) is 0 Å². The Morgan fingerprint density at radius 1 is 1.19 bits per heavy atom. The molecule has 0 amide bonds. The molecule has 0 atom stereocenters. The maximum atomic E-state index is 12.4. The number of fused-ring (bicyclic) bond motifs is 1. The lowest BCUT2D eigenvalue weighted by Crippen LogP contribution is -2.17. The lowest BCUT2D eigenvalue weighted by molar-refractivity contribution is -0.274. The van der Waals surface area contributed by atoms with E-state index >= 15 is 0 Å². The molecule has 0 saturated carbocycles. The molecule has 4 aromatic rings. The molecule has 26 heavy (non-hydrogen) atoms. The van der Waals surface area contributed by atoms with Crippen LogP contribution in [0.4, 0.5) is 13.2 Å². The van der Waals surface area contributed by atoms with Gasteiger partial charge in [-0.3, -0.25) is 4.68 Å². The van der Waals surface area contributed by atoms with Crippen molar-refractivity contribution < 1.29 is 17.9 Å². The van der Waals surface area contributed by atoms with Gasteiger partial charge in [-0.2, -0.15) is 14.7 Å². The van der Waals surface area contributed by atoms with Crippen LogP contribution in [0.25, 0.3) is 15.7 Å². The Hall–Kier alpha value is -2.95. The summed E-state index contributed by atoms with van der Waals surface area (Å²) >= 11 is 1.36. The van der Waals surface area contributed by atoms with Crippen molar-refractivity contribution in [1.82, 2.24) is 29.6 Å². The molecule has 0 fully saturated rings. The van der Waals surface area contributed by atoms with Gasteiger partial charge < -0.3 is 4.74 Å². The van der Waals surface area contributed by atoms with Crippen molar-refractivity contribution in [2.24, 2.45) is 7.05 Å². The zero-order valence-electron chi connectivity index (χ0n) is 13.3. The van der Waals surface area contributed by atoms with E-state index in [2.05, 4.69) is 25.1 Å². The molecule has 3 aromatic heterocycles. The van der Waals surface area contributed by atoms with E-state index in [1.807, 2.05) is 13.1 Å². The third-order valence-corrected chi connectivity index (χ3v) is 4.51. The van der Waals surface area contributed by atoms with Crippen LogP contribution in [0.5, 0.6) is 5.75 Å². The average molecular weight is 380 g/mol. The number of halogens is 3. The van der Waals surface area contributed by atoms with Gasteiger partial charge in [0.2, 0.25) is 4.96 Å². The van der Waals surface area contributed by atoms with Gasteiger partial charge in [-0.15, -0.1) is 23.4 Å².